The summed E-state index contributed by atoms with van der Waals surface area (Å²) in [6.45, 7) is 2.41. The molecule has 0 atom stereocenters. The Bertz CT molecular complexity index is 734. The Morgan fingerprint density at radius 1 is 1.08 bits per heavy atom. The number of nitrogens with zero attached hydrogens (tertiary/aromatic N) is 1. The topological polar surface area (TPSA) is 63.4 Å². The van der Waals surface area contributed by atoms with Crippen LogP contribution in [0.5, 0.6) is 0 Å². The van der Waals surface area contributed by atoms with Gasteiger partial charge in [-0.25, -0.2) is 12.8 Å². The van der Waals surface area contributed by atoms with Crippen LogP contribution in [0.2, 0.25) is 0 Å². The van der Waals surface area contributed by atoms with Crippen molar-refractivity contribution in [3.05, 3.63) is 65.5 Å². The molecule has 2 aromatic rings. The van der Waals surface area contributed by atoms with Gasteiger partial charge in [-0.3, -0.25) is 0 Å². The van der Waals surface area contributed by atoms with E-state index in [0.717, 1.165) is 5.56 Å². The molecular weight excluding hydrogens is 351 g/mol. The van der Waals surface area contributed by atoms with Crippen molar-refractivity contribution in [1.82, 2.24) is 4.31 Å². The van der Waals surface area contributed by atoms with Crippen molar-refractivity contribution in [3.8, 4) is 0 Å². The van der Waals surface area contributed by atoms with Crippen LogP contribution in [-0.4, -0.2) is 25.8 Å². The molecule has 0 spiro atoms. The zero-order valence-corrected chi connectivity index (χ0v) is 15.1. The minimum atomic E-state index is -3.93. The minimum Gasteiger partial charge on any atom is -0.330 e. The van der Waals surface area contributed by atoms with Crippen LogP contribution in [0.3, 0.4) is 0 Å². The molecule has 0 aliphatic heterocycles. The standard InChI is InChI=1S/C17H21FN2O2S.ClH/c1-14-7-5-10-16(18)17(14)23(21,22)20(12-6-11-19)13-15-8-3-2-4-9-15;/h2-5,7-10H,6,11-13,19H2,1H3;1H. The third kappa shape index (κ3) is 4.77. The van der Waals surface area contributed by atoms with Crippen molar-refractivity contribution in [1.29, 1.82) is 0 Å². The summed E-state index contributed by atoms with van der Waals surface area (Å²) in [5, 5.41) is 0. The number of halogens is 2. The molecule has 0 unspecified atom stereocenters. The predicted molar refractivity (Wildman–Crippen MR) is 96.1 cm³/mol. The smallest absolute Gasteiger partial charge is 0.246 e. The van der Waals surface area contributed by atoms with E-state index in [-0.39, 0.29) is 30.4 Å². The van der Waals surface area contributed by atoms with Crippen molar-refractivity contribution in [2.75, 3.05) is 13.1 Å². The summed E-state index contributed by atoms with van der Waals surface area (Å²) in [6.07, 6.45) is 0.513. The van der Waals surface area contributed by atoms with Gasteiger partial charge in [0.1, 0.15) is 10.7 Å². The van der Waals surface area contributed by atoms with Crippen molar-refractivity contribution in [2.45, 2.75) is 24.8 Å². The largest absolute Gasteiger partial charge is 0.330 e. The lowest BCUT2D eigenvalue weighted by Crippen LogP contribution is -2.33. The Balaban J connectivity index is 0.00000288. The van der Waals surface area contributed by atoms with Gasteiger partial charge in [-0.2, -0.15) is 4.31 Å². The van der Waals surface area contributed by atoms with Gasteiger partial charge in [-0.05, 0) is 37.1 Å². The number of sulfonamides is 1. The first-order chi connectivity index (χ1) is 11.0. The first kappa shape index (κ1) is 20.6. The van der Waals surface area contributed by atoms with Gasteiger partial charge >= 0.3 is 0 Å². The number of benzene rings is 2. The van der Waals surface area contributed by atoms with Gasteiger partial charge < -0.3 is 5.73 Å². The highest BCUT2D eigenvalue weighted by Gasteiger charge is 2.28. The van der Waals surface area contributed by atoms with E-state index in [1.54, 1.807) is 13.0 Å². The number of nitrogens with two attached hydrogens (primary N) is 1. The molecule has 7 heteroatoms. The zero-order valence-electron chi connectivity index (χ0n) is 13.5. The summed E-state index contributed by atoms with van der Waals surface area (Å²) in [4.78, 5) is -0.257. The number of aryl methyl sites for hydroxylation is 1. The fourth-order valence-electron chi connectivity index (χ4n) is 2.41. The second kappa shape index (κ2) is 9.13. The normalized spacial score (nSPS) is 11.3. The molecule has 0 heterocycles. The Hall–Kier alpha value is -1.47. The number of hydrogen-bond donors (Lipinski definition) is 1. The molecule has 2 rings (SSSR count). The van der Waals surface area contributed by atoms with Crippen LogP contribution in [0.1, 0.15) is 17.5 Å². The van der Waals surface area contributed by atoms with Gasteiger partial charge in [-0.15, -0.1) is 12.4 Å². The highest BCUT2D eigenvalue weighted by Crippen LogP contribution is 2.24. The van der Waals surface area contributed by atoms with Gasteiger partial charge in [0, 0.05) is 13.1 Å². The van der Waals surface area contributed by atoms with E-state index in [1.165, 1.54) is 16.4 Å². The summed E-state index contributed by atoms with van der Waals surface area (Å²) < 4.78 is 41.3. The number of hydrogen-bond acceptors (Lipinski definition) is 3. The average Bonchev–Trinajstić information content (AvgIpc) is 2.52. The molecule has 0 radical (unpaired) electrons. The van der Waals surface area contributed by atoms with Crippen molar-refractivity contribution in [2.24, 2.45) is 5.73 Å². The van der Waals surface area contributed by atoms with E-state index < -0.39 is 15.8 Å². The van der Waals surface area contributed by atoms with E-state index in [1.807, 2.05) is 30.3 Å². The molecule has 2 N–H and O–H groups in total. The first-order valence-electron chi connectivity index (χ1n) is 7.46. The fourth-order valence-corrected chi connectivity index (χ4v) is 4.15. The minimum absolute atomic E-state index is 0. The molecule has 0 aliphatic carbocycles. The van der Waals surface area contributed by atoms with Crippen LogP contribution in [0.15, 0.2) is 53.4 Å². The van der Waals surface area contributed by atoms with Crippen LogP contribution in [0, 0.1) is 12.7 Å². The maximum absolute atomic E-state index is 14.1. The van der Waals surface area contributed by atoms with E-state index in [0.29, 0.717) is 18.5 Å². The molecule has 4 nitrogen and oxygen atoms in total. The Kier molecular flexibility index (Phi) is 7.83. The van der Waals surface area contributed by atoms with E-state index in [4.69, 9.17) is 5.73 Å². The quantitative estimate of drug-likeness (QED) is 0.812. The van der Waals surface area contributed by atoms with Gasteiger partial charge in [0.2, 0.25) is 10.0 Å². The van der Waals surface area contributed by atoms with E-state index in [9.17, 15) is 12.8 Å². The van der Waals surface area contributed by atoms with Gasteiger partial charge in [0.25, 0.3) is 0 Å². The molecular formula is C17H22ClFN2O2S. The maximum atomic E-state index is 14.1. The molecule has 0 saturated carbocycles. The van der Waals surface area contributed by atoms with Crippen molar-refractivity contribution in [3.63, 3.8) is 0 Å². The molecule has 132 valence electrons. The molecule has 24 heavy (non-hydrogen) atoms. The van der Waals surface area contributed by atoms with Crippen LogP contribution in [0.4, 0.5) is 4.39 Å². The van der Waals surface area contributed by atoms with Crippen LogP contribution < -0.4 is 5.73 Å². The van der Waals surface area contributed by atoms with Crippen molar-refractivity contribution >= 4 is 22.4 Å². The Labute approximate surface area is 148 Å². The van der Waals surface area contributed by atoms with Crippen LogP contribution in [-0.2, 0) is 16.6 Å². The Morgan fingerprint density at radius 3 is 2.33 bits per heavy atom. The molecule has 0 fully saturated rings. The predicted octanol–water partition coefficient (Wildman–Crippen LogP) is 3.10. The molecule has 0 bridgehead atoms. The summed E-state index contributed by atoms with van der Waals surface area (Å²) in [7, 11) is -3.93. The van der Waals surface area contributed by atoms with Crippen LogP contribution >= 0.6 is 12.4 Å². The highest BCUT2D eigenvalue weighted by molar-refractivity contribution is 7.89. The van der Waals surface area contributed by atoms with E-state index >= 15 is 0 Å². The van der Waals surface area contributed by atoms with E-state index in [2.05, 4.69) is 0 Å². The molecule has 2 aromatic carbocycles. The second-order valence-corrected chi connectivity index (χ2v) is 7.23. The second-order valence-electron chi connectivity index (χ2n) is 5.35. The van der Waals surface area contributed by atoms with Gasteiger partial charge in [0.15, 0.2) is 0 Å². The molecule has 0 aromatic heterocycles. The molecule has 0 amide bonds. The van der Waals surface area contributed by atoms with Crippen LogP contribution in [0.25, 0.3) is 0 Å². The summed E-state index contributed by atoms with van der Waals surface area (Å²) >= 11 is 0. The monoisotopic (exact) mass is 372 g/mol. The highest BCUT2D eigenvalue weighted by atomic mass is 35.5. The lowest BCUT2D eigenvalue weighted by atomic mass is 10.2. The van der Waals surface area contributed by atoms with Crippen molar-refractivity contribution < 1.29 is 12.8 Å². The Morgan fingerprint density at radius 2 is 1.75 bits per heavy atom. The third-order valence-electron chi connectivity index (χ3n) is 3.58. The molecule has 0 aliphatic rings. The van der Waals surface area contributed by atoms with Gasteiger partial charge in [-0.1, -0.05) is 42.5 Å². The SMILES string of the molecule is Cc1cccc(F)c1S(=O)(=O)N(CCCN)Cc1ccccc1.Cl. The first-order valence-corrected chi connectivity index (χ1v) is 8.90. The maximum Gasteiger partial charge on any atom is 0.246 e. The lowest BCUT2D eigenvalue weighted by Gasteiger charge is -2.23. The summed E-state index contributed by atoms with van der Waals surface area (Å²) in [5.74, 6) is -0.726. The zero-order chi connectivity index (χ0) is 16.9. The lowest BCUT2D eigenvalue weighted by molar-refractivity contribution is 0.398. The number of rotatable bonds is 7. The average molecular weight is 373 g/mol. The molecule has 0 saturated heterocycles. The van der Waals surface area contributed by atoms with Gasteiger partial charge in [0.05, 0.1) is 0 Å². The third-order valence-corrected chi connectivity index (χ3v) is 5.60. The summed E-state index contributed by atoms with van der Waals surface area (Å²) in [6, 6.07) is 13.5. The summed E-state index contributed by atoms with van der Waals surface area (Å²) in [5.41, 5.74) is 6.76. The fraction of sp³-hybridized carbons (Fsp3) is 0.294.